The topological polar surface area (TPSA) is 98.5 Å². The second-order valence-corrected chi connectivity index (χ2v) is 6.60. The van der Waals surface area contributed by atoms with Gasteiger partial charge in [0, 0.05) is 6.54 Å². The standard InChI is InChI=1S/C13H19N7OS/c1-8(2)11-10(22-19-15-11)7-14-13(21)9-5-3-4-6-20-12(9)16-17-18-20/h8-9H,3-7H2,1-2H3,(H,14,21)/t9-/m1/s1. The third-order valence-electron chi connectivity index (χ3n) is 3.86. The molecule has 0 fully saturated rings. The molecule has 0 radical (unpaired) electrons. The van der Waals surface area contributed by atoms with Gasteiger partial charge < -0.3 is 5.32 Å². The highest BCUT2D eigenvalue weighted by Gasteiger charge is 2.28. The first kappa shape index (κ1) is 15.0. The second kappa shape index (κ2) is 6.47. The quantitative estimate of drug-likeness (QED) is 0.909. The average molecular weight is 321 g/mol. The summed E-state index contributed by atoms with van der Waals surface area (Å²) in [7, 11) is 0. The van der Waals surface area contributed by atoms with Crippen molar-refractivity contribution in [3.05, 3.63) is 16.4 Å². The molecule has 9 heteroatoms. The molecule has 1 aliphatic heterocycles. The van der Waals surface area contributed by atoms with E-state index in [2.05, 4.69) is 44.3 Å². The van der Waals surface area contributed by atoms with Gasteiger partial charge in [-0.05, 0) is 40.7 Å². The molecule has 3 heterocycles. The van der Waals surface area contributed by atoms with Crippen molar-refractivity contribution < 1.29 is 4.79 Å². The normalized spacial score (nSPS) is 18.0. The first-order valence-corrected chi connectivity index (χ1v) is 8.29. The van der Waals surface area contributed by atoms with Crippen LogP contribution in [0.5, 0.6) is 0 Å². The van der Waals surface area contributed by atoms with Gasteiger partial charge in [-0.25, -0.2) is 4.68 Å². The third kappa shape index (κ3) is 2.99. The molecule has 3 rings (SSSR count). The number of carbonyl (C=O) groups is 1. The molecule has 1 aliphatic rings. The van der Waals surface area contributed by atoms with Gasteiger partial charge in [0.2, 0.25) is 5.91 Å². The highest BCUT2D eigenvalue weighted by atomic mass is 32.1. The number of aromatic nitrogens is 6. The minimum Gasteiger partial charge on any atom is -0.350 e. The molecule has 1 atom stereocenters. The number of hydrogen-bond acceptors (Lipinski definition) is 7. The molecule has 118 valence electrons. The number of hydrogen-bond donors (Lipinski definition) is 1. The Bertz CT molecular complexity index is 650. The highest BCUT2D eigenvalue weighted by Crippen LogP contribution is 2.25. The van der Waals surface area contributed by atoms with Crippen molar-refractivity contribution in [3.63, 3.8) is 0 Å². The van der Waals surface area contributed by atoms with E-state index in [1.54, 1.807) is 4.68 Å². The molecule has 0 saturated carbocycles. The number of nitrogens with one attached hydrogen (secondary N) is 1. The Kier molecular flexibility index (Phi) is 4.41. The summed E-state index contributed by atoms with van der Waals surface area (Å²) in [5.74, 6) is 0.666. The Morgan fingerprint density at radius 1 is 1.41 bits per heavy atom. The molecule has 0 unspecified atom stereocenters. The van der Waals surface area contributed by atoms with Crippen molar-refractivity contribution in [2.75, 3.05) is 0 Å². The smallest absolute Gasteiger partial charge is 0.231 e. The maximum atomic E-state index is 12.5. The number of rotatable bonds is 4. The summed E-state index contributed by atoms with van der Waals surface area (Å²) < 4.78 is 5.72. The molecule has 0 bridgehead atoms. The lowest BCUT2D eigenvalue weighted by Gasteiger charge is -2.13. The molecule has 2 aromatic heterocycles. The van der Waals surface area contributed by atoms with E-state index in [9.17, 15) is 4.79 Å². The number of fused-ring (bicyclic) bond motifs is 1. The number of carbonyl (C=O) groups excluding carboxylic acids is 1. The van der Waals surface area contributed by atoms with Crippen molar-refractivity contribution in [2.24, 2.45) is 0 Å². The molecule has 0 aliphatic carbocycles. The summed E-state index contributed by atoms with van der Waals surface area (Å²) in [4.78, 5) is 13.5. The van der Waals surface area contributed by atoms with Crippen molar-refractivity contribution in [3.8, 4) is 0 Å². The summed E-state index contributed by atoms with van der Waals surface area (Å²) >= 11 is 1.34. The zero-order valence-electron chi connectivity index (χ0n) is 12.7. The maximum Gasteiger partial charge on any atom is 0.231 e. The van der Waals surface area contributed by atoms with Gasteiger partial charge in [0.25, 0.3) is 0 Å². The lowest BCUT2D eigenvalue weighted by molar-refractivity contribution is -0.123. The van der Waals surface area contributed by atoms with Crippen LogP contribution in [0.1, 0.15) is 61.3 Å². The summed E-state index contributed by atoms with van der Waals surface area (Å²) in [5, 5.41) is 18.8. The van der Waals surface area contributed by atoms with Crippen LogP contribution >= 0.6 is 11.5 Å². The largest absolute Gasteiger partial charge is 0.350 e. The fourth-order valence-corrected chi connectivity index (χ4v) is 3.41. The third-order valence-corrected chi connectivity index (χ3v) is 4.59. The number of tetrazole rings is 1. The Labute approximate surface area is 132 Å². The van der Waals surface area contributed by atoms with E-state index in [0.717, 1.165) is 36.4 Å². The first-order valence-electron chi connectivity index (χ1n) is 7.51. The predicted molar refractivity (Wildman–Crippen MR) is 80.3 cm³/mol. The Morgan fingerprint density at radius 2 is 2.27 bits per heavy atom. The van der Waals surface area contributed by atoms with Crippen molar-refractivity contribution in [1.29, 1.82) is 0 Å². The van der Waals surface area contributed by atoms with Crippen LogP contribution in [0.15, 0.2) is 0 Å². The van der Waals surface area contributed by atoms with Crippen LogP contribution in [0.25, 0.3) is 0 Å². The van der Waals surface area contributed by atoms with Crippen LogP contribution in [0.4, 0.5) is 0 Å². The van der Waals surface area contributed by atoms with Gasteiger partial charge in [0.05, 0.1) is 23.0 Å². The van der Waals surface area contributed by atoms with Gasteiger partial charge in [-0.3, -0.25) is 4.79 Å². The van der Waals surface area contributed by atoms with E-state index >= 15 is 0 Å². The van der Waals surface area contributed by atoms with Crippen molar-refractivity contribution in [2.45, 2.75) is 58.0 Å². The lowest BCUT2D eigenvalue weighted by Crippen LogP contribution is -2.30. The van der Waals surface area contributed by atoms with Crippen LogP contribution in [0, 0.1) is 0 Å². The van der Waals surface area contributed by atoms with E-state index in [1.165, 1.54) is 11.5 Å². The van der Waals surface area contributed by atoms with Gasteiger partial charge in [-0.15, -0.1) is 10.2 Å². The van der Waals surface area contributed by atoms with E-state index in [4.69, 9.17) is 0 Å². The van der Waals surface area contributed by atoms with E-state index < -0.39 is 0 Å². The van der Waals surface area contributed by atoms with E-state index in [1.807, 2.05) is 0 Å². The Balaban J connectivity index is 1.69. The van der Waals surface area contributed by atoms with Crippen LogP contribution in [0.2, 0.25) is 0 Å². The first-order chi connectivity index (χ1) is 10.7. The average Bonchev–Trinajstić information content (AvgIpc) is 3.10. The summed E-state index contributed by atoms with van der Waals surface area (Å²) in [6.07, 6.45) is 2.77. The summed E-state index contributed by atoms with van der Waals surface area (Å²) in [6, 6.07) is 0. The Morgan fingerprint density at radius 3 is 3.09 bits per heavy atom. The van der Waals surface area contributed by atoms with Crippen LogP contribution in [-0.4, -0.2) is 35.7 Å². The molecule has 2 aromatic rings. The minimum absolute atomic E-state index is 0.0268. The van der Waals surface area contributed by atoms with Crippen molar-refractivity contribution >= 4 is 17.4 Å². The second-order valence-electron chi connectivity index (χ2n) is 5.76. The molecular weight excluding hydrogens is 302 g/mol. The zero-order valence-corrected chi connectivity index (χ0v) is 13.5. The molecule has 0 aromatic carbocycles. The highest BCUT2D eigenvalue weighted by molar-refractivity contribution is 7.05. The number of aryl methyl sites for hydroxylation is 1. The van der Waals surface area contributed by atoms with Gasteiger partial charge in [-0.2, -0.15) is 0 Å². The van der Waals surface area contributed by atoms with Gasteiger partial charge in [0.1, 0.15) is 0 Å². The SMILES string of the molecule is CC(C)c1nnsc1CNC(=O)[C@@H]1CCCCn2nnnc21. The summed E-state index contributed by atoms with van der Waals surface area (Å²) in [6.45, 7) is 5.38. The molecule has 1 amide bonds. The number of amides is 1. The number of nitrogens with zero attached hydrogens (tertiary/aromatic N) is 6. The zero-order chi connectivity index (χ0) is 15.5. The van der Waals surface area contributed by atoms with Crippen LogP contribution < -0.4 is 5.32 Å². The molecule has 1 N–H and O–H groups in total. The van der Waals surface area contributed by atoms with Gasteiger partial charge in [-0.1, -0.05) is 24.8 Å². The molecular formula is C13H19N7OS. The Hall–Kier alpha value is -1.90. The fourth-order valence-electron chi connectivity index (χ4n) is 2.67. The maximum absolute atomic E-state index is 12.5. The minimum atomic E-state index is -0.277. The molecule has 8 nitrogen and oxygen atoms in total. The monoisotopic (exact) mass is 321 g/mol. The van der Waals surface area contributed by atoms with Crippen molar-refractivity contribution in [1.82, 2.24) is 35.1 Å². The van der Waals surface area contributed by atoms with E-state index in [-0.39, 0.29) is 11.8 Å². The predicted octanol–water partition coefficient (Wildman–Crippen LogP) is 1.23. The van der Waals surface area contributed by atoms with Gasteiger partial charge >= 0.3 is 0 Å². The fraction of sp³-hybridized carbons (Fsp3) is 0.692. The van der Waals surface area contributed by atoms with Crippen LogP contribution in [-0.2, 0) is 17.9 Å². The summed E-state index contributed by atoms with van der Waals surface area (Å²) in [5.41, 5.74) is 0.955. The van der Waals surface area contributed by atoms with Crippen LogP contribution in [0.3, 0.4) is 0 Å². The molecule has 0 spiro atoms. The lowest BCUT2D eigenvalue weighted by atomic mass is 10.0. The molecule has 22 heavy (non-hydrogen) atoms. The molecule has 0 saturated heterocycles. The van der Waals surface area contributed by atoms with E-state index in [0.29, 0.717) is 18.3 Å². The van der Waals surface area contributed by atoms with Gasteiger partial charge in [0.15, 0.2) is 5.82 Å².